The number of rotatable bonds is 4. The van der Waals surface area contributed by atoms with Crippen molar-refractivity contribution in [2.24, 2.45) is 5.92 Å². The van der Waals surface area contributed by atoms with Crippen molar-refractivity contribution < 1.29 is 14.4 Å². The molecule has 2 aliphatic heterocycles. The van der Waals surface area contributed by atoms with Crippen molar-refractivity contribution in [1.29, 1.82) is 5.26 Å². The summed E-state index contributed by atoms with van der Waals surface area (Å²) in [4.78, 5) is 42.2. The van der Waals surface area contributed by atoms with Gasteiger partial charge in [-0.05, 0) is 56.5 Å². The van der Waals surface area contributed by atoms with Gasteiger partial charge in [-0.3, -0.25) is 19.3 Å². The molecule has 2 aliphatic rings. The summed E-state index contributed by atoms with van der Waals surface area (Å²) < 4.78 is 0. The van der Waals surface area contributed by atoms with Crippen LogP contribution in [0.2, 0.25) is 5.02 Å². The van der Waals surface area contributed by atoms with Crippen LogP contribution in [0.1, 0.15) is 59.0 Å². The molecule has 2 heterocycles. The molecule has 6 nitrogen and oxygen atoms in total. The SMILES string of the molecule is CC(C#N)[C@H]1CC[C@@H](c2cccc(Cl)c2)N1C(=O)[C@@H](C)N1C(=O)c2ccccc2C1=O. The number of fused-ring (bicyclic) bond motifs is 1. The average molecular weight is 436 g/mol. The van der Waals surface area contributed by atoms with Crippen molar-refractivity contribution >= 4 is 29.3 Å². The lowest BCUT2D eigenvalue weighted by Crippen LogP contribution is -2.52. The van der Waals surface area contributed by atoms with Crippen LogP contribution in [-0.4, -0.2) is 39.6 Å². The largest absolute Gasteiger partial charge is 0.330 e. The first-order chi connectivity index (χ1) is 14.8. The molecular weight excluding hydrogens is 414 g/mol. The van der Waals surface area contributed by atoms with E-state index in [4.69, 9.17) is 11.6 Å². The van der Waals surface area contributed by atoms with Gasteiger partial charge in [0.05, 0.1) is 29.2 Å². The molecule has 7 heteroatoms. The number of carbonyl (C=O) groups excluding carboxylic acids is 3. The van der Waals surface area contributed by atoms with E-state index < -0.39 is 17.9 Å². The average Bonchev–Trinajstić information content (AvgIpc) is 3.32. The molecule has 1 unspecified atom stereocenters. The number of amides is 3. The molecule has 0 radical (unpaired) electrons. The van der Waals surface area contributed by atoms with Crippen molar-refractivity contribution in [3.63, 3.8) is 0 Å². The highest BCUT2D eigenvalue weighted by molar-refractivity contribution is 6.30. The van der Waals surface area contributed by atoms with E-state index >= 15 is 0 Å². The summed E-state index contributed by atoms with van der Waals surface area (Å²) in [7, 11) is 0. The third-order valence-electron chi connectivity index (χ3n) is 6.27. The highest BCUT2D eigenvalue weighted by Gasteiger charge is 2.47. The van der Waals surface area contributed by atoms with Gasteiger partial charge in [0.15, 0.2) is 0 Å². The molecule has 3 amide bonds. The van der Waals surface area contributed by atoms with Gasteiger partial charge in [0.25, 0.3) is 11.8 Å². The molecule has 158 valence electrons. The molecule has 1 saturated heterocycles. The van der Waals surface area contributed by atoms with E-state index in [0.29, 0.717) is 29.0 Å². The summed E-state index contributed by atoms with van der Waals surface area (Å²) in [5.41, 5.74) is 1.49. The second-order valence-electron chi connectivity index (χ2n) is 8.08. The number of halogens is 1. The van der Waals surface area contributed by atoms with Crippen molar-refractivity contribution in [2.45, 2.75) is 44.8 Å². The molecule has 0 aromatic heterocycles. The number of benzene rings is 2. The first kappa shape index (κ1) is 21.1. The van der Waals surface area contributed by atoms with E-state index in [1.54, 1.807) is 49.1 Å². The minimum Gasteiger partial charge on any atom is -0.330 e. The second kappa shape index (κ2) is 8.16. The van der Waals surface area contributed by atoms with E-state index in [9.17, 15) is 19.6 Å². The van der Waals surface area contributed by atoms with E-state index in [0.717, 1.165) is 10.5 Å². The Balaban J connectivity index is 1.69. The van der Waals surface area contributed by atoms with Crippen LogP contribution in [0.3, 0.4) is 0 Å². The van der Waals surface area contributed by atoms with Crippen LogP contribution >= 0.6 is 11.6 Å². The Labute approximate surface area is 186 Å². The zero-order chi connectivity index (χ0) is 22.3. The zero-order valence-corrected chi connectivity index (χ0v) is 18.0. The van der Waals surface area contributed by atoms with Crippen molar-refractivity contribution in [1.82, 2.24) is 9.80 Å². The predicted octanol–water partition coefficient (Wildman–Crippen LogP) is 4.22. The molecule has 4 rings (SSSR count). The summed E-state index contributed by atoms with van der Waals surface area (Å²) in [6.45, 7) is 3.36. The summed E-state index contributed by atoms with van der Waals surface area (Å²) >= 11 is 6.18. The molecule has 31 heavy (non-hydrogen) atoms. The lowest BCUT2D eigenvalue weighted by atomic mass is 10.0. The lowest BCUT2D eigenvalue weighted by molar-refractivity contribution is -0.138. The Bertz CT molecular complexity index is 1070. The van der Waals surface area contributed by atoms with Crippen LogP contribution in [0.4, 0.5) is 0 Å². The van der Waals surface area contributed by atoms with Crippen LogP contribution in [0.15, 0.2) is 48.5 Å². The fraction of sp³-hybridized carbons (Fsp3) is 0.333. The fourth-order valence-corrected chi connectivity index (χ4v) is 4.86. The highest BCUT2D eigenvalue weighted by atomic mass is 35.5. The Kier molecular flexibility index (Phi) is 5.55. The molecule has 0 bridgehead atoms. The number of nitrogens with zero attached hydrogens (tertiary/aromatic N) is 3. The second-order valence-corrected chi connectivity index (χ2v) is 8.52. The molecule has 1 fully saturated rings. The number of likely N-dealkylation sites (tertiary alicyclic amines) is 1. The molecule has 4 atom stereocenters. The molecular formula is C24H22ClN3O3. The minimum atomic E-state index is -0.986. The maximum Gasteiger partial charge on any atom is 0.262 e. The van der Waals surface area contributed by atoms with Gasteiger partial charge in [-0.15, -0.1) is 0 Å². The number of carbonyl (C=O) groups is 3. The first-order valence-corrected chi connectivity index (χ1v) is 10.7. The first-order valence-electron chi connectivity index (χ1n) is 10.3. The van der Waals surface area contributed by atoms with Gasteiger partial charge < -0.3 is 4.90 Å². The number of nitriles is 1. The van der Waals surface area contributed by atoms with Crippen LogP contribution < -0.4 is 0 Å². The van der Waals surface area contributed by atoms with Crippen LogP contribution in [-0.2, 0) is 4.79 Å². The van der Waals surface area contributed by atoms with Gasteiger partial charge in [-0.2, -0.15) is 5.26 Å². The summed E-state index contributed by atoms with van der Waals surface area (Å²) in [5, 5.41) is 10.1. The minimum absolute atomic E-state index is 0.273. The van der Waals surface area contributed by atoms with Gasteiger partial charge in [0, 0.05) is 11.1 Å². The molecule has 2 aromatic rings. The lowest BCUT2D eigenvalue weighted by Gasteiger charge is -2.36. The van der Waals surface area contributed by atoms with Crippen LogP contribution in [0.25, 0.3) is 0 Å². The smallest absolute Gasteiger partial charge is 0.262 e. The summed E-state index contributed by atoms with van der Waals surface area (Å²) in [5.74, 6) is -1.67. The predicted molar refractivity (Wildman–Crippen MR) is 115 cm³/mol. The van der Waals surface area contributed by atoms with Crippen molar-refractivity contribution in [3.8, 4) is 6.07 Å². The quantitative estimate of drug-likeness (QED) is 0.673. The van der Waals surface area contributed by atoms with E-state index in [1.807, 2.05) is 18.2 Å². The molecule has 0 N–H and O–H groups in total. The monoisotopic (exact) mass is 435 g/mol. The maximum absolute atomic E-state index is 13.7. The third kappa shape index (κ3) is 3.49. The highest BCUT2D eigenvalue weighted by Crippen LogP contribution is 2.40. The molecule has 0 aliphatic carbocycles. The standard InChI is InChI=1S/C24H22ClN3O3/c1-14(13-26)20-10-11-21(16-6-5-7-17(25)12-16)28(20)22(29)15(2)27-23(30)18-8-3-4-9-19(18)24(27)31/h3-9,12,14-15,20-21H,10-11H2,1-2H3/t14?,15-,20-,21+/m1/s1. The number of imide groups is 1. The van der Waals surface area contributed by atoms with Gasteiger partial charge in [0.1, 0.15) is 6.04 Å². The Hall–Kier alpha value is -3.17. The maximum atomic E-state index is 13.7. The van der Waals surface area contributed by atoms with Crippen molar-refractivity contribution in [2.75, 3.05) is 0 Å². The van der Waals surface area contributed by atoms with E-state index in [1.165, 1.54) is 0 Å². The molecule has 0 spiro atoms. The summed E-state index contributed by atoms with van der Waals surface area (Å²) in [6.07, 6.45) is 1.34. The molecule has 0 saturated carbocycles. The number of hydrogen-bond acceptors (Lipinski definition) is 4. The van der Waals surface area contributed by atoms with E-state index in [2.05, 4.69) is 6.07 Å². The fourth-order valence-electron chi connectivity index (χ4n) is 4.66. The van der Waals surface area contributed by atoms with Gasteiger partial charge >= 0.3 is 0 Å². The molecule has 2 aromatic carbocycles. The topological polar surface area (TPSA) is 81.5 Å². The van der Waals surface area contributed by atoms with Crippen molar-refractivity contribution in [3.05, 3.63) is 70.2 Å². The van der Waals surface area contributed by atoms with Crippen LogP contribution in [0, 0.1) is 17.2 Å². The van der Waals surface area contributed by atoms with Crippen LogP contribution in [0.5, 0.6) is 0 Å². The Morgan fingerprint density at radius 3 is 2.29 bits per heavy atom. The summed E-state index contributed by atoms with van der Waals surface area (Å²) in [6, 6.07) is 14.6. The van der Waals surface area contributed by atoms with Gasteiger partial charge in [-0.1, -0.05) is 35.9 Å². The van der Waals surface area contributed by atoms with Gasteiger partial charge in [-0.25, -0.2) is 0 Å². The number of hydrogen-bond donors (Lipinski definition) is 0. The normalized spacial score (nSPS) is 22.3. The van der Waals surface area contributed by atoms with Gasteiger partial charge in [0.2, 0.25) is 5.91 Å². The Morgan fingerprint density at radius 1 is 1.06 bits per heavy atom. The zero-order valence-electron chi connectivity index (χ0n) is 17.3. The Morgan fingerprint density at radius 2 is 1.71 bits per heavy atom. The van der Waals surface area contributed by atoms with E-state index in [-0.39, 0.29) is 23.9 Å². The third-order valence-corrected chi connectivity index (χ3v) is 6.50.